The summed E-state index contributed by atoms with van der Waals surface area (Å²) in [4.78, 5) is 8.86. The number of hydrogen-bond acceptors (Lipinski definition) is 6. The van der Waals surface area contributed by atoms with Crippen LogP contribution in [0.3, 0.4) is 0 Å². The van der Waals surface area contributed by atoms with Crippen LogP contribution in [0.2, 0.25) is 0 Å². The molecule has 1 atom stereocenters. The van der Waals surface area contributed by atoms with Crippen molar-refractivity contribution in [2.75, 3.05) is 23.9 Å². The molecule has 106 valence electrons. The van der Waals surface area contributed by atoms with Gasteiger partial charge in [0.1, 0.15) is 17.5 Å². The van der Waals surface area contributed by atoms with Crippen LogP contribution in [0.15, 0.2) is 0 Å². The van der Waals surface area contributed by atoms with Gasteiger partial charge >= 0.3 is 0 Å². The normalized spacial score (nSPS) is 19.2. The molecule has 4 N–H and O–H groups in total. The molecule has 0 saturated carbocycles. The second-order valence-electron chi connectivity index (χ2n) is 4.83. The van der Waals surface area contributed by atoms with Crippen LogP contribution >= 0.6 is 0 Å². The van der Waals surface area contributed by atoms with E-state index in [-0.39, 0.29) is 6.10 Å². The lowest BCUT2D eigenvalue weighted by Gasteiger charge is -2.23. The molecule has 6 nitrogen and oxygen atoms in total. The van der Waals surface area contributed by atoms with Gasteiger partial charge in [0.2, 0.25) is 0 Å². The van der Waals surface area contributed by atoms with Gasteiger partial charge in [0, 0.05) is 25.1 Å². The fourth-order valence-corrected chi connectivity index (χ4v) is 2.21. The first-order valence-electron chi connectivity index (χ1n) is 6.94. The van der Waals surface area contributed by atoms with Gasteiger partial charge in [-0.3, -0.25) is 0 Å². The van der Waals surface area contributed by atoms with Crippen molar-refractivity contribution in [3.8, 4) is 0 Å². The zero-order valence-corrected chi connectivity index (χ0v) is 11.7. The Morgan fingerprint density at radius 3 is 2.74 bits per heavy atom. The molecule has 0 aromatic carbocycles. The topological polar surface area (TPSA) is 85.1 Å². The first-order chi connectivity index (χ1) is 9.24. The summed E-state index contributed by atoms with van der Waals surface area (Å²) >= 11 is 0. The van der Waals surface area contributed by atoms with Crippen LogP contribution in [0.25, 0.3) is 0 Å². The van der Waals surface area contributed by atoms with Gasteiger partial charge in [-0.25, -0.2) is 15.8 Å². The lowest BCUT2D eigenvalue weighted by Crippen LogP contribution is -2.27. The minimum Gasteiger partial charge on any atom is -0.376 e. The molecule has 0 spiro atoms. The molecule has 0 aliphatic carbocycles. The van der Waals surface area contributed by atoms with Crippen molar-refractivity contribution in [3.05, 3.63) is 11.4 Å². The number of ether oxygens (including phenoxy) is 1. The molecule has 1 saturated heterocycles. The second kappa shape index (κ2) is 6.68. The molecule has 6 heteroatoms. The Labute approximate surface area is 114 Å². The number of nitrogen functional groups attached to an aromatic ring is 1. The van der Waals surface area contributed by atoms with Gasteiger partial charge in [-0.15, -0.1) is 0 Å². The molecule has 1 aromatic heterocycles. The number of hydrazine groups is 1. The monoisotopic (exact) mass is 265 g/mol. The van der Waals surface area contributed by atoms with Gasteiger partial charge in [0.05, 0.1) is 6.10 Å². The minimum absolute atomic E-state index is 0.280. The van der Waals surface area contributed by atoms with Gasteiger partial charge < -0.3 is 15.5 Å². The summed E-state index contributed by atoms with van der Waals surface area (Å²) in [5.74, 6) is 7.79. The Hall–Kier alpha value is -1.40. The number of nitrogens with one attached hydrogen (secondary N) is 2. The number of aromatic nitrogens is 2. The van der Waals surface area contributed by atoms with Gasteiger partial charge in [-0.2, -0.15) is 0 Å². The molecule has 0 radical (unpaired) electrons. The molecule has 0 amide bonds. The van der Waals surface area contributed by atoms with Crippen LogP contribution in [-0.4, -0.2) is 29.2 Å². The Kier molecular flexibility index (Phi) is 4.93. The van der Waals surface area contributed by atoms with E-state index >= 15 is 0 Å². The van der Waals surface area contributed by atoms with Gasteiger partial charge in [0.25, 0.3) is 0 Å². The molecule has 1 fully saturated rings. The summed E-state index contributed by atoms with van der Waals surface area (Å²) in [6.45, 7) is 5.63. The first kappa shape index (κ1) is 14.0. The molecule has 2 heterocycles. The van der Waals surface area contributed by atoms with E-state index in [0.29, 0.717) is 5.82 Å². The molecule has 1 aliphatic rings. The fraction of sp³-hybridized carbons (Fsp3) is 0.692. The second-order valence-corrected chi connectivity index (χ2v) is 4.83. The van der Waals surface area contributed by atoms with Crippen LogP contribution < -0.4 is 16.6 Å². The maximum absolute atomic E-state index is 5.71. The van der Waals surface area contributed by atoms with E-state index in [4.69, 9.17) is 10.6 Å². The van der Waals surface area contributed by atoms with E-state index in [2.05, 4.69) is 20.7 Å². The van der Waals surface area contributed by atoms with E-state index < -0.39 is 0 Å². The number of nitrogens with two attached hydrogens (primary N) is 1. The number of aryl methyl sites for hydroxylation is 1. The van der Waals surface area contributed by atoms with Gasteiger partial charge in [0.15, 0.2) is 0 Å². The Balaban J connectivity index is 2.05. The van der Waals surface area contributed by atoms with Crippen LogP contribution in [-0.2, 0) is 11.2 Å². The van der Waals surface area contributed by atoms with Crippen molar-refractivity contribution in [1.29, 1.82) is 0 Å². The molecule has 0 bridgehead atoms. The summed E-state index contributed by atoms with van der Waals surface area (Å²) in [5, 5.41) is 3.36. The predicted octanol–water partition coefficient (Wildman–Crippen LogP) is 1.61. The predicted molar refractivity (Wildman–Crippen MR) is 76.0 cm³/mol. The van der Waals surface area contributed by atoms with E-state index in [1.807, 2.05) is 13.8 Å². The largest absolute Gasteiger partial charge is 0.376 e. The Morgan fingerprint density at radius 1 is 1.32 bits per heavy atom. The highest BCUT2D eigenvalue weighted by atomic mass is 16.5. The molecule has 2 rings (SSSR count). The zero-order valence-electron chi connectivity index (χ0n) is 11.7. The highest BCUT2D eigenvalue weighted by Crippen LogP contribution is 2.20. The summed E-state index contributed by atoms with van der Waals surface area (Å²) in [7, 11) is 0. The minimum atomic E-state index is 0.280. The highest BCUT2D eigenvalue weighted by Gasteiger charge is 2.15. The number of rotatable bonds is 5. The summed E-state index contributed by atoms with van der Waals surface area (Å²) in [6.07, 6.45) is 4.58. The molecule has 19 heavy (non-hydrogen) atoms. The van der Waals surface area contributed by atoms with Crippen LogP contribution in [0.5, 0.6) is 0 Å². The van der Waals surface area contributed by atoms with Crippen LogP contribution in [0.1, 0.15) is 37.6 Å². The Bertz CT molecular complexity index is 418. The average Bonchev–Trinajstić information content (AvgIpc) is 2.47. The summed E-state index contributed by atoms with van der Waals surface area (Å²) in [6, 6.07) is 0. The smallest absolute Gasteiger partial charge is 0.148 e. The third-order valence-corrected chi connectivity index (χ3v) is 3.42. The number of anilines is 2. The number of nitrogens with zero attached hydrogens (tertiary/aromatic N) is 2. The maximum atomic E-state index is 5.71. The van der Waals surface area contributed by atoms with Crippen molar-refractivity contribution >= 4 is 11.6 Å². The Morgan fingerprint density at radius 2 is 2.11 bits per heavy atom. The van der Waals surface area contributed by atoms with E-state index in [0.717, 1.165) is 43.2 Å². The van der Waals surface area contributed by atoms with Crippen molar-refractivity contribution in [2.24, 2.45) is 5.84 Å². The van der Waals surface area contributed by atoms with Gasteiger partial charge in [-0.1, -0.05) is 6.92 Å². The lowest BCUT2D eigenvalue weighted by molar-refractivity contribution is 0.0247. The van der Waals surface area contributed by atoms with E-state index in [1.165, 1.54) is 12.8 Å². The van der Waals surface area contributed by atoms with Crippen molar-refractivity contribution < 1.29 is 4.74 Å². The number of hydrogen-bond donors (Lipinski definition) is 3. The lowest BCUT2D eigenvalue weighted by atomic mass is 10.1. The summed E-state index contributed by atoms with van der Waals surface area (Å²) in [5.41, 5.74) is 3.57. The standard InChI is InChI=1S/C13H23N5O/c1-3-11-16-12(9(2)13(17-11)18-14)15-8-10-6-4-5-7-19-10/h10H,3-8,14H2,1-2H3,(H2,15,16,17,18). The third kappa shape index (κ3) is 3.54. The first-order valence-corrected chi connectivity index (χ1v) is 6.94. The maximum Gasteiger partial charge on any atom is 0.148 e. The third-order valence-electron chi connectivity index (χ3n) is 3.42. The SMILES string of the molecule is CCc1nc(NN)c(C)c(NCC2CCCCO2)n1. The molecular weight excluding hydrogens is 242 g/mol. The molecular formula is C13H23N5O. The van der Waals surface area contributed by atoms with Crippen LogP contribution in [0.4, 0.5) is 11.6 Å². The summed E-state index contributed by atoms with van der Waals surface area (Å²) < 4.78 is 5.71. The fourth-order valence-electron chi connectivity index (χ4n) is 2.21. The van der Waals surface area contributed by atoms with Crippen molar-refractivity contribution in [1.82, 2.24) is 9.97 Å². The van der Waals surface area contributed by atoms with Gasteiger partial charge in [-0.05, 0) is 26.2 Å². The van der Waals surface area contributed by atoms with Crippen molar-refractivity contribution in [3.63, 3.8) is 0 Å². The molecule has 1 unspecified atom stereocenters. The average molecular weight is 265 g/mol. The quantitative estimate of drug-likeness (QED) is 0.554. The van der Waals surface area contributed by atoms with Crippen molar-refractivity contribution in [2.45, 2.75) is 45.6 Å². The van der Waals surface area contributed by atoms with E-state index in [1.54, 1.807) is 0 Å². The van der Waals surface area contributed by atoms with Crippen LogP contribution in [0, 0.1) is 6.92 Å². The zero-order chi connectivity index (χ0) is 13.7. The molecule has 1 aromatic rings. The highest BCUT2D eigenvalue weighted by molar-refractivity contribution is 5.56. The molecule has 1 aliphatic heterocycles. The van der Waals surface area contributed by atoms with E-state index in [9.17, 15) is 0 Å².